The molecule has 23 heavy (non-hydrogen) atoms. The summed E-state index contributed by atoms with van der Waals surface area (Å²) in [6.45, 7) is 1.56. The Bertz CT molecular complexity index is 598. The van der Waals surface area contributed by atoms with Crippen molar-refractivity contribution in [2.45, 2.75) is 32.2 Å². The highest BCUT2D eigenvalue weighted by Gasteiger charge is 2.36. The van der Waals surface area contributed by atoms with Gasteiger partial charge in [0.25, 0.3) is 0 Å². The quantitative estimate of drug-likeness (QED) is 0.870. The summed E-state index contributed by atoms with van der Waals surface area (Å²) in [5.74, 6) is -0.150. The van der Waals surface area contributed by atoms with Gasteiger partial charge in [0, 0.05) is 30.0 Å². The van der Waals surface area contributed by atoms with Crippen LogP contribution in [0.2, 0.25) is 0 Å². The van der Waals surface area contributed by atoms with E-state index in [-0.39, 0.29) is 29.5 Å². The fourth-order valence-corrected chi connectivity index (χ4v) is 3.54. The van der Waals surface area contributed by atoms with E-state index in [1.165, 1.54) is 12.1 Å². The number of hydrogen-bond acceptors (Lipinski definition) is 2. The third-order valence-electron chi connectivity index (χ3n) is 4.42. The molecule has 0 radical (unpaired) electrons. The maximum absolute atomic E-state index is 13.3. The molecule has 1 unspecified atom stereocenters. The van der Waals surface area contributed by atoms with Gasteiger partial charge in [-0.25, -0.2) is 4.39 Å². The first-order chi connectivity index (χ1) is 11.0. The molecule has 1 aliphatic heterocycles. The molecule has 2 aliphatic rings. The second-order valence-electron chi connectivity index (χ2n) is 6.39. The first-order valence-corrected chi connectivity index (χ1v) is 8.83. The summed E-state index contributed by atoms with van der Waals surface area (Å²) in [7, 11) is 0. The van der Waals surface area contributed by atoms with E-state index in [1.807, 2.05) is 4.90 Å². The Morgan fingerprint density at radius 1 is 1.22 bits per heavy atom. The van der Waals surface area contributed by atoms with Crippen molar-refractivity contribution < 1.29 is 14.0 Å². The van der Waals surface area contributed by atoms with E-state index < -0.39 is 0 Å². The molecule has 1 aromatic rings. The van der Waals surface area contributed by atoms with E-state index in [9.17, 15) is 14.0 Å². The van der Waals surface area contributed by atoms with Crippen molar-refractivity contribution >= 4 is 27.7 Å². The number of carbonyl (C=O) groups excluding carboxylic acids is 2. The molecule has 1 atom stereocenters. The number of hydrogen-bond donors (Lipinski definition) is 1. The SMILES string of the molecule is O=C(NCc1cc(F)cc(Br)c1)C1CCCN(C(=O)C2CC2)C1. The lowest BCUT2D eigenvalue weighted by Crippen LogP contribution is -2.45. The Balaban J connectivity index is 1.53. The monoisotopic (exact) mass is 382 g/mol. The molecular formula is C17H20BrFN2O2. The van der Waals surface area contributed by atoms with Crippen molar-refractivity contribution in [3.63, 3.8) is 0 Å². The highest BCUT2D eigenvalue weighted by atomic mass is 79.9. The van der Waals surface area contributed by atoms with Crippen LogP contribution in [0.4, 0.5) is 4.39 Å². The van der Waals surface area contributed by atoms with Gasteiger partial charge in [0.1, 0.15) is 5.82 Å². The highest BCUT2D eigenvalue weighted by Crippen LogP contribution is 2.32. The molecule has 2 amide bonds. The van der Waals surface area contributed by atoms with E-state index in [0.717, 1.165) is 32.2 Å². The van der Waals surface area contributed by atoms with E-state index in [1.54, 1.807) is 6.07 Å². The molecule has 1 saturated carbocycles. The molecule has 1 saturated heterocycles. The largest absolute Gasteiger partial charge is 0.352 e. The topological polar surface area (TPSA) is 49.4 Å². The van der Waals surface area contributed by atoms with Gasteiger partial charge < -0.3 is 10.2 Å². The first kappa shape index (κ1) is 16.4. The lowest BCUT2D eigenvalue weighted by Gasteiger charge is -2.32. The normalized spacial score (nSPS) is 21.1. The van der Waals surface area contributed by atoms with Crippen LogP contribution in [0.1, 0.15) is 31.2 Å². The van der Waals surface area contributed by atoms with Gasteiger partial charge in [-0.2, -0.15) is 0 Å². The van der Waals surface area contributed by atoms with Crippen LogP contribution in [-0.4, -0.2) is 29.8 Å². The van der Waals surface area contributed by atoms with Crippen LogP contribution in [0.15, 0.2) is 22.7 Å². The molecule has 0 spiro atoms. The number of likely N-dealkylation sites (tertiary alicyclic amines) is 1. The summed E-state index contributed by atoms with van der Waals surface area (Å²) in [6.07, 6.45) is 3.64. The number of piperidine rings is 1. The Hall–Kier alpha value is -1.43. The molecule has 2 fully saturated rings. The van der Waals surface area contributed by atoms with Gasteiger partial charge in [0.2, 0.25) is 11.8 Å². The van der Waals surface area contributed by atoms with Gasteiger partial charge in [-0.05, 0) is 49.4 Å². The van der Waals surface area contributed by atoms with E-state index in [2.05, 4.69) is 21.2 Å². The Kier molecular flexibility index (Phi) is 4.99. The van der Waals surface area contributed by atoms with Gasteiger partial charge in [-0.1, -0.05) is 15.9 Å². The van der Waals surface area contributed by atoms with Crippen molar-refractivity contribution in [3.05, 3.63) is 34.1 Å². The van der Waals surface area contributed by atoms with E-state index in [4.69, 9.17) is 0 Å². The minimum absolute atomic E-state index is 0.0568. The van der Waals surface area contributed by atoms with E-state index in [0.29, 0.717) is 23.1 Å². The molecule has 4 nitrogen and oxygen atoms in total. The zero-order chi connectivity index (χ0) is 16.4. The van der Waals surface area contributed by atoms with Gasteiger partial charge in [0.05, 0.1) is 5.92 Å². The standard InChI is InChI=1S/C17H20BrFN2O2/c18-14-6-11(7-15(19)8-14)9-20-16(22)13-2-1-5-21(10-13)17(23)12-3-4-12/h6-8,12-13H,1-5,9-10H2,(H,20,22). The molecule has 0 aromatic heterocycles. The zero-order valence-corrected chi connectivity index (χ0v) is 14.4. The second-order valence-corrected chi connectivity index (χ2v) is 7.31. The lowest BCUT2D eigenvalue weighted by atomic mass is 9.96. The summed E-state index contributed by atoms with van der Waals surface area (Å²) in [6, 6.07) is 4.58. The van der Waals surface area contributed by atoms with Gasteiger partial charge in [0.15, 0.2) is 0 Å². The molecule has 124 valence electrons. The Morgan fingerprint density at radius 3 is 2.70 bits per heavy atom. The number of carbonyl (C=O) groups is 2. The van der Waals surface area contributed by atoms with Crippen molar-refractivity contribution in [3.8, 4) is 0 Å². The van der Waals surface area contributed by atoms with Crippen molar-refractivity contribution in [1.29, 1.82) is 0 Å². The fraction of sp³-hybridized carbons (Fsp3) is 0.529. The fourth-order valence-electron chi connectivity index (χ4n) is 3.03. The zero-order valence-electron chi connectivity index (χ0n) is 12.9. The summed E-state index contributed by atoms with van der Waals surface area (Å²) in [5, 5.41) is 2.86. The van der Waals surface area contributed by atoms with Crippen LogP contribution in [0.3, 0.4) is 0 Å². The molecule has 0 bridgehead atoms. The number of rotatable bonds is 4. The van der Waals surface area contributed by atoms with Crippen molar-refractivity contribution in [2.24, 2.45) is 11.8 Å². The van der Waals surface area contributed by atoms with Gasteiger partial charge in [-0.15, -0.1) is 0 Å². The minimum atomic E-state index is -0.331. The summed E-state index contributed by atoms with van der Waals surface area (Å²) < 4.78 is 14.0. The van der Waals surface area contributed by atoms with Gasteiger partial charge >= 0.3 is 0 Å². The minimum Gasteiger partial charge on any atom is -0.352 e. The maximum Gasteiger partial charge on any atom is 0.225 e. The summed E-state index contributed by atoms with van der Waals surface area (Å²) >= 11 is 3.24. The molecular weight excluding hydrogens is 363 g/mol. The smallest absolute Gasteiger partial charge is 0.225 e. The molecule has 1 heterocycles. The molecule has 3 rings (SSSR count). The number of benzene rings is 1. The van der Waals surface area contributed by atoms with E-state index >= 15 is 0 Å². The van der Waals surface area contributed by atoms with Crippen LogP contribution in [0.5, 0.6) is 0 Å². The number of nitrogens with one attached hydrogen (secondary N) is 1. The van der Waals surface area contributed by atoms with Crippen molar-refractivity contribution in [1.82, 2.24) is 10.2 Å². The predicted octanol–water partition coefficient (Wildman–Crippen LogP) is 2.85. The Labute approximate surface area is 143 Å². The average molecular weight is 383 g/mol. The summed E-state index contributed by atoms with van der Waals surface area (Å²) in [4.78, 5) is 26.3. The first-order valence-electron chi connectivity index (χ1n) is 8.04. The third kappa shape index (κ3) is 4.31. The Morgan fingerprint density at radius 2 is 2.00 bits per heavy atom. The van der Waals surface area contributed by atoms with Crippen LogP contribution < -0.4 is 5.32 Å². The number of nitrogens with zero attached hydrogens (tertiary/aromatic N) is 1. The van der Waals surface area contributed by atoms with Gasteiger partial charge in [-0.3, -0.25) is 9.59 Å². The van der Waals surface area contributed by atoms with Crippen LogP contribution in [0, 0.1) is 17.7 Å². The summed E-state index contributed by atoms with van der Waals surface area (Å²) in [5.41, 5.74) is 0.715. The molecule has 1 aromatic carbocycles. The van der Waals surface area contributed by atoms with Crippen molar-refractivity contribution in [2.75, 3.05) is 13.1 Å². The maximum atomic E-state index is 13.3. The average Bonchev–Trinajstić information content (AvgIpc) is 3.36. The van der Waals surface area contributed by atoms with Crippen LogP contribution in [-0.2, 0) is 16.1 Å². The molecule has 1 aliphatic carbocycles. The number of halogens is 2. The second kappa shape index (κ2) is 6.99. The van der Waals surface area contributed by atoms with Crippen LogP contribution in [0.25, 0.3) is 0 Å². The predicted molar refractivity (Wildman–Crippen MR) is 88.0 cm³/mol. The highest BCUT2D eigenvalue weighted by molar-refractivity contribution is 9.10. The molecule has 1 N–H and O–H groups in total. The third-order valence-corrected chi connectivity index (χ3v) is 4.88. The number of amides is 2. The van der Waals surface area contributed by atoms with Crippen LogP contribution >= 0.6 is 15.9 Å². The lowest BCUT2D eigenvalue weighted by molar-refractivity contribution is -0.136. The molecule has 6 heteroatoms.